The number of hydrogen-bond donors (Lipinski definition) is 2. The molecule has 21 heavy (non-hydrogen) atoms. The monoisotopic (exact) mass is 300 g/mol. The first-order valence-corrected chi connectivity index (χ1v) is 7.67. The Balaban J connectivity index is 1.77. The summed E-state index contributed by atoms with van der Waals surface area (Å²) < 4.78 is 5.42. The van der Waals surface area contributed by atoms with Crippen molar-refractivity contribution in [2.24, 2.45) is 5.10 Å². The van der Waals surface area contributed by atoms with Crippen molar-refractivity contribution in [3.63, 3.8) is 0 Å². The Morgan fingerprint density at radius 2 is 2.05 bits per heavy atom. The fourth-order valence-electron chi connectivity index (χ4n) is 2.10. The van der Waals surface area contributed by atoms with Crippen LogP contribution < -0.4 is 10.2 Å². The van der Waals surface area contributed by atoms with Gasteiger partial charge in [0.2, 0.25) is 0 Å². The van der Waals surface area contributed by atoms with Crippen molar-refractivity contribution in [3.05, 3.63) is 59.7 Å². The second kappa shape index (κ2) is 6.10. The van der Waals surface area contributed by atoms with Crippen LogP contribution in [0.4, 0.5) is 0 Å². The maximum atomic E-state index is 9.76. The number of phenolic OH excluding ortho intramolecular Hbond substituents is 1. The predicted molar refractivity (Wildman–Crippen MR) is 85.7 cm³/mol. The van der Waals surface area contributed by atoms with E-state index in [-0.39, 0.29) is 11.1 Å². The van der Waals surface area contributed by atoms with E-state index in [1.165, 1.54) is 0 Å². The molecule has 0 bridgehead atoms. The fraction of sp³-hybridized carbons (Fsp3) is 0.188. The lowest BCUT2D eigenvalue weighted by molar-refractivity contribution is 0.317. The number of benzene rings is 2. The van der Waals surface area contributed by atoms with Crippen LogP contribution in [-0.2, 0) is 0 Å². The molecule has 1 unspecified atom stereocenters. The predicted octanol–water partition coefficient (Wildman–Crippen LogP) is 3.49. The first-order valence-electron chi connectivity index (χ1n) is 6.79. The van der Waals surface area contributed by atoms with Crippen molar-refractivity contribution < 1.29 is 9.84 Å². The standard InChI is InChI=1S/C16H16N2O2S/c1-2-20-14-10-12(8-9-13(14)19)16-18-17-15(21-16)11-6-4-3-5-7-11/h3-10,16,18-19H,2H2,1H3. The summed E-state index contributed by atoms with van der Waals surface area (Å²) in [6, 6.07) is 15.5. The van der Waals surface area contributed by atoms with E-state index in [1.807, 2.05) is 49.4 Å². The van der Waals surface area contributed by atoms with E-state index in [1.54, 1.807) is 17.8 Å². The van der Waals surface area contributed by atoms with Gasteiger partial charge in [-0.3, -0.25) is 5.43 Å². The van der Waals surface area contributed by atoms with Gasteiger partial charge in [-0.15, -0.1) is 0 Å². The van der Waals surface area contributed by atoms with Crippen molar-refractivity contribution in [2.45, 2.75) is 12.3 Å². The Kier molecular flexibility index (Phi) is 4.01. The lowest BCUT2D eigenvalue weighted by Crippen LogP contribution is -2.06. The third kappa shape index (κ3) is 2.97. The minimum absolute atomic E-state index is 0.0278. The third-order valence-electron chi connectivity index (χ3n) is 3.12. The van der Waals surface area contributed by atoms with Crippen LogP contribution in [0.1, 0.15) is 23.4 Å². The van der Waals surface area contributed by atoms with Gasteiger partial charge in [0.25, 0.3) is 0 Å². The van der Waals surface area contributed by atoms with Gasteiger partial charge in [0, 0.05) is 5.56 Å². The lowest BCUT2D eigenvalue weighted by Gasteiger charge is -2.12. The molecule has 0 spiro atoms. The molecule has 0 aliphatic carbocycles. The summed E-state index contributed by atoms with van der Waals surface area (Å²) in [5.41, 5.74) is 5.25. The fourth-order valence-corrected chi connectivity index (χ4v) is 3.09. The number of rotatable bonds is 4. The van der Waals surface area contributed by atoms with E-state index in [0.717, 1.165) is 16.2 Å². The molecule has 2 aromatic carbocycles. The Morgan fingerprint density at radius 3 is 2.81 bits per heavy atom. The van der Waals surface area contributed by atoms with Crippen molar-refractivity contribution in [3.8, 4) is 11.5 Å². The van der Waals surface area contributed by atoms with E-state index in [0.29, 0.717) is 12.4 Å². The number of thioether (sulfide) groups is 1. The molecule has 2 aromatic rings. The molecule has 2 N–H and O–H groups in total. The van der Waals surface area contributed by atoms with Gasteiger partial charge in [0.15, 0.2) is 11.5 Å². The lowest BCUT2D eigenvalue weighted by atomic mass is 10.2. The van der Waals surface area contributed by atoms with Crippen molar-refractivity contribution >= 4 is 16.8 Å². The van der Waals surface area contributed by atoms with Gasteiger partial charge in [-0.2, -0.15) is 5.10 Å². The average Bonchev–Trinajstić information content (AvgIpc) is 3.00. The van der Waals surface area contributed by atoms with Crippen LogP contribution in [0.25, 0.3) is 0 Å². The van der Waals surface area contributed by atoms with Crippen LogP contribution in [0.15, 0.2) is 53.6 Å². The number of hydrogen-bond acceptors (Lipinski definition) is 5. The molecule has 0 aromatic heterocycles. The summed E-state index contributed by atoms with van der Waals surface area (Å²) in [6.07, 6.45) is 0. The molecule has 5 heteroatoms. The van der Waals surface area contributed by atoms with Crippen molar-refractivity contribution in [2.75, 3.05) is 6.61 Å². The highest BCUT2D eigenvalue weighted by Gasteiger charge is 2.22. The molecule has 4 nitrogen and oxygen atoms in total. The van der Waals surface area contributed by atoms with Crippen LogP contribution in [0.5, 0.6) is 11.5 Å². The molecule has 108 valence electrons. The molecular weight excluding hydrogens is 284 g/mol. The molecule has 0 saturated carbocycles. The number of hydrazone groups is 1. The van der Waals surface area contributed by atoms with E-state index >= 15 is 0 Å². The summed E-state index contributed by atoms with van der Waals surface area (Å²) in [5, 5.41) is 15.1. The Hall–Kier alpha value is -2.14. The molecule has 0 amide bonds. The third-order valence-corrected chi connectivity index (χ3v) is 4.28. The largest absolute Gasteiger partial charge is 0.504 e. The summed E-state index contributed by atoms with van der Waals surface area (Å²) in [7, 11) is 0. The van der Waals surface area contributed by atoms with E-state index < -0.39 is 0 Å². The van der Waals surface area contributed by atoms with Crippen LogP contribution in [-0.4, -0.2) is 16.8 Å². The smallest absolute Gasteiger partial charge is 0.161 e. The highest BCUT2D eigenvalue weighted by atomic mass is 32.2. The van der Waals surface area contributed by atoms with Crippen molar-refractivity contribution in [1.82, 2.24) is 5.43 Å². The summed E-state index contributed by atoms with van der Waals surface area (Å²) in [6.45, 7) is 2.42. The normalized spacial score (nSPS) is 17.2. The molecule has 0 saturated heterocycles. The molecule has 1 aliphatic heterocycles. The van der Waals surface area contributed by atoms with Gasteiger partial charge in [-0.25, -0.2) is 0 Å². The number of nitrogens with zero attached hydrogens (tertiary/aromatic N) is 1. The Bertz CT molecular complexity index is 659. The zero-order valence-electron chi connectivity index (χ0n) is 11.6. The first-order chi connectivity index (χ1) is 10.3. The van der Waals surface area contributed by atoms with E-state index in [2.05, 4.69) is 10.5 Å². The number of nitrogens with one attached hydrogen (secondary N) is 1. The van der Waals surface area contributed by atoms with Gasteiger partial charge in [0.05, 0.1) is 6.61 Å². The van der Waals surface area contributed by atoms with E-state index in [4.69, 9.17) is 4.74 Å². The van der Waals surface area contributed by atoms with Crippen molar-refractivity contribution in [1.29, 1.82) is 0 Å². The maximum Gasteiger partial charge on any atom is 0.161 e. The minimum Gasteiger partial charge on any atom is -0.504 e. The van der Waals surface area contributed by atoms with Gasteiger partial charge >= 0.3 is 0 Å². The average molecular weight is 300 g/mol. The number of ether oxygens (including phenoxy) is 1. The zero-order chi connectivity index (χ0) is 14.7. The second-order valence-electron chi connectivity index (χ2n) is 4.57. The number of aromatic hydroxyl groups is 1. The second-order valence-corrected chi connectivity index (χ2v) is 5.66. The molecular formula is C16H16N2O2S. The van der Waals surface area contributed by atoms with Gasteiger partial charge < -0.3 is 9.84 Å². The van der Waals surface area contributed by atoms with Crippen LogP contribution in [0.3, 0.4) is 0 Å². The summed E-state index contributed by atoms with van der Waals surface area (Å²) in [5.74, 6) is 0.665. The SMILES string of the molecule is CCOc1cc(C2NN=C(c3ccccc3)S2)ccc1O. The van der Waals surface area contributed by atoms with E-state index in [9.17, 15) is 5.11 Å². The van der Waals surface area contributed by atoms with Crippen LogP contribution >= 0.6 is 11.8 Å². The highest BCUT2D eigenvalue weighted by molar-refractivity contribution is 8.14. The number of phenols is 1. The molecule has 3 rings (SSSR count). The van der Waals surface area contributed by atoms with Gasteiger partial charge in [-0.05, 0) is 24.6 Å². The zero-order valence-corrected chi connectivity index (χ0v) is 12.4. The topological polar surface area (TPSA) is 53.8 Å². The van der Waals surface area contributed by atoms with Gasteiger partial charge in [-0.1, -0.05) is 48.2 Å². The Morgan fingerprint density at radius 1 is 1.24 bits per heavy atom. The van der Waals surface area contributed by atoms with Crippen LogP contribution in [0.2, 0.25) is 0 Å². The molecule has 0 radical (unpaired) electrons. The maximum absolute atomic E-state index is 9.76. The molecule has 1 aliphatic rings. The molecule has 1 heterocycles. The summed E-state index contributed by atoms with van der Waals surface area (Å²) >= 11 is 1.65. The van der Waals surface area contributed by atoms with Crippen LogP contribution in [0, 0.1) is 0 Å². The highest BCUT2D eigenvalue weighted by Crippen LogP contribution is 2.37. The summed E-state index contributed by atoms with van der Waals surface area (Å²) in [4.78, 5) is 0. The molecule has 0 fully saturated rings. The van der Waals surface area contributed by atoms with Gasteiger partial charge in [0.1, 0.15) is 10.4 Å². The first kappa shape index (κ1) is 13.8. The minimum atomic E-state index is 0.0278. The quantitative estimate of drug-likeness (QED) is 0.907. The Labute approximate surface area is 127 Å². The molecule has 1 atom stereocenters.